The Morgan fingerprint density at radius 3 is 2.34 bits per heavy atom. The van der Waals surface area contributed by atoms with Gasteiger partial charge in [0.15, 0.2) is 0 Å². The van der Waals surface area contributed by atoms with Gasteiger partial charge in [-0.25, -0.2) is 4.39 Å². The number of halogens is 3. The Labute approximate surface area is 176 Å². The Balaban J connectivity index is 1.65. The molecule has 3 aromatic rings. The molecule has 0 aliphatic heterocycles. The predicted molar refractivity (Wildman–Crippen MR) is 114 cm³/mol. The number of nitrogens with one attached hydrogen (secondary N) is 3. The number of hydrogen-bond acceptors (Lipinski definition) is 3. The van der Waals surface area contributed by atoms with Gasteiger partial charge in [0, 0.05) is 16.4 Å². The second-order valence-electron chi connectivity index (χ2n) is 6.03. The number of carbonyl (C=O) groups is 2. The maximum Gasteiger partial charge on any atom is 0.257 e. The molecule has 5 nitrogen and oxygen atoms in total. The van der Waals surface area contributed by atoms with Crippen molar-refractivity contribution in [3.63, 3.8) is 0 Å². The standard InChI is InChI=1S/C21H16Cl2FN3O2/c22-13-5-10-17(23)19(11-13)27-20(28)12-25-18-4-2-1-3-16(18)21(29)26-15-8-6-14(24)7-9-15/h1-11,25H,12H2,(H,26,29)(H,27,28). The molecule has 0 saturated heterocycles. The van der Waals surface area contributed by atoms with E-state index in [0.29, 0.717) is 32.7 Å². The van der Waals surface area contributed by atoms with Crippen molar-refractivity contribution >= 4 is 52.1 Å². The number of anilines is 3. The van der Waals surface area contributed by atoms with Crippen LogP contribution >= 0.6 is 23.2 Å². The summed E-state index contributed by atoms with van der Waals surface area (Å²) in [6.45, 7) is -0.0936. The Kier molecular flexibility index (Phi) is 6.69. The van der Waals surface area contributed by atoms with Crippen molar-refractivity contribution in [2.45, 2.75) is 0 Å². The molecular formula is C21H16Cl2FN3O2. The van der Waals surface area contributed by atoms with Crippen LogP contribution in [-0.2, 0) is 4.79 Å². The molecule has 0 fully saturated rings. The molecule has 0 aliphatic rings. The molecule has 0 unspecified atom stereocenters. The molecule has 0 heterocycles. The zero-order chi connectivity index (χ0) is 20.8. The maximum absolute atomic E-state index is 13.0. The molecule has 0 atom stereocenters. The van der Waals surface area contributed by atoms with Crippen molar-refractivity contribution < 1.29 is 14.0 Å². The van der Waals surface area contributed by atoms with Crippen LogP contribution in [0.2, 0.25) is 10.0 Å². The summed E-state index contributed by atoms with van der Waals surface area (Å²) in [6, 6.07) is 16.9. The summed E-state index contributed by atoms with van der Waals surface area (Å²) >= 11 is 12.0. The highest BCUT2D eigenvalue weighted by molar-refractivity contribution is 6.35. The van der Waals surface area contributed by atoms with Crippen LogP contribution in [0.1, 0.15) is 10.4 Å². The van der Waals surface area contributed by atoms with Crippen molar-refractivity contribution in [2.24, 2.45) is 0 Å². The van der Waals surface area contributed by atoms with Crippen LogP contribution in [0, 0.1) is 5.82 Å². The van der Waals surface area contributed by atoms with Crippen LogP contribution in [-0.4, -0.2) is 18.4 Å². The van der Waals surface area contributed by atoms with E-state index >= 15 is 0 Å². The van der Waals surface area contributed by atoms with Crippen molar-refractivity contribution in [3.05, 3.63) is 88.2 Å². The van der Waals surface area contributed by atoms with Crippen molar-refractivity contribution in [2.75, 3.05) is 22.5 Å². The Bertz CT molecular complexity index is 1040. The van der Waals surface area contributed by atoms with E-state index in [-0.39, 0.29) is 12.5 Å². The van der Waals surface area contributed by atoms with Gasteiger partial charge in [-0.1, -0.05) is 35.3 Å². The molecule has 8 heteroatoms. The summed E-state index contributed by atoms with van der Waals surface area (Å²) in [5.74, 6) is -1.14. The molecule has 0 aromatic heterocycles. The van der Waals surface area contributed by atoms with Crippen LogP contribution in [0.5, 0.6) is 0 Å². The van der Waals surface area contributed by atoms with E-state index in [0.717, 1.165) is 0 Å². The fourth-order valence-corrected chi connectivity index (χ4v) is 2.87. The minimum absolute atomic E-state index is 0.0936. The smallest absolute Gasteiger partial charge is 0.257 e. The molecule has 3 N–H and O–H groups in total. The third kappa shape index (κ3) is 5.70. The molecule has 0 saturated carbocycles. The van der Waals surface area contributed by atoms with Gasteiger partial charge >= 0.3 is 0 Å². The van der Waals surface area contributed by atoms with Crippen LogP contribution in [0.25, 0.3) is 0 Å². The van der Waals surface area contributed by atoms with Crippen molar-refractivity contribution in [1.82, 2.24) is 0 Å². The first-order valence-electron chi connectivity index (χ1n) is 8.57. The summed E-state index contributed by atoms with van der Waals surface area (Å²) in [7, 11) is 0. The van der Waals surface area contributed by atoms with E-state index in [1.165, 1.54) is 24.3 Å². The zero-order valence-electron chi connectivity index (χ0n) is 15.0. The Morgan fingerprint density at radius 1 is 0.862 bits per heavy atom. The van der Waals surface area contributed by atoms with E-state index in [1.807, 2.05) is 0 Å². The average Bonchev–Trinajstić information content (AvgIpc) is 2.71. The van der Waals surface area contributed by atoms with E-state index in [9.17, 15) is 14.0 Å². The Morgan fingerprint density at radius 2 is 1.59 bits per heavy atom. The van der Waals surface area contributed by atoms with E-state index in [2.05, 4.69) is 16.0 Å². The number of rotatable bonds is 6. The SMILES string of the molecule is O=C(CNc1ccccc1C(=O)Nc1ccc(F)cc1)Nc1cc(Cl)ccc1Cl. The maximum atomic E-state index is 13.0. The van der Waals surface area contributed by atoms with Crippen molar-refractivity contribution in [3.8, 4) is 0 Å². The van der Waals surface area contributed by atoms with Gasteiger partial charge in [-0.3, -0.25) is 9.59 Å². The molecule has 0 bridgehead atoms. The fraction of sp³-hybridized carbons (Fsp3) is 0.0476. The average molecular weight is 432 g/mol. The van der Waals surface area contributed by atoms with Crippen LogP contribution < -0.4 is 16.0 Å². The quantitative estimate of drug-likeness (QED) is 0.486. The largest absolute Gasteiger partial charge is 0.376 e. The van der Waals surface area contributed by atoms with Gasteiger partial charge in [0.05, 0.1) is 22.8 Å². The van der Waals surface area contributed by atoms with Gasteiger partial charge in [-0.05, 0) is 54.6 Å². The normalized spacial score (nSPS) is 10.3. The fourth-order valence-electron chi connectivity index (χ4n) is 2.53. The summed E-state index contributed by atoms with van der Waals surface area (Å²) in [4.78, 5) is 24.8. The summed E-state index contributed by atoms with van der Waals surface area (Å²) in [6.07, 6.45) is 0. The number of para-hydroxylation sites is 1. The zero-order valence-corrected chi connectivity index (χ0v) is 16.5. The van der Waals surface area contributed by atoms with Gasteiger partial charge in [0.25, 0.3) is 5.91 Å². The first kappa shape index (κ1) is 20.6. The monoisotopic (exact) mass is 431 g/mol. The summed E-state index contributed by atoms with van der Waals surface area (Å²) < 4.78 is 13.0. The van der Waals surface area contributed by atoms with Crippen LogP contribution in [0.15, 0.2) is 66.7 Å². The number of amides is 2. The summed E-state index contributed by atoms with van der Waals surface area (Å²) in [5.41, 5.74) is 1.66. The highest BCUT2D eigenvalue weighted by Crippen LogP contribution is 2.25. The highest BCUT2D eigenvalue weighted by Gasteiger charge is 2.13. The van der Waals surface area contributed by atoms with Gasteiger partial charge in [-0.2, -0.15) is 0 Å². The number of hydrogen-bond donors (Lipinski definition) is 3. The molecular weight excluding hydrogens is 416 g/mol. The molecule has 29 heavy (non-hydrogen) atoms. The van der Waals surface area contributed by atoms with Gasteiger partial charge < -0.3 is 16.0 Å². The third-order valence-electron chi connectivity index (χ3n) is 3.92. The van der Waals surface area contributed by atoms with Crippen LogP contribution in [0.4, 0.5) is 21.5 Å². The number of carbonyl (C=O) groups excluding carboxylic acids is 2. The lowest BCUT2D eigenvalue weighted by atomic mass is 10.1. The topological polar surface area (TPSA) is 70.2 Å². The molecule has 3 aromatic carbocycles. The first-order chi connectivity index (χ1) is 13.9. The van der Waals surface area contributed by atoms with Gasteiger partial charge in [0.1, 0.15) is 5.82 Å². The van der Waals surface area contributed by atoms with Gasteiger partial charge in [0.2, 0.25) is 5.91 Å². The van der Waals surface area contributed by atoms with Crippen LogP contribution in [0.3, 0.4) is 0 Å². The lowest BCUT2D eigenvalue weighted by molar-refractivity contribution is -0.114. The number of benzene rings is 3. The first-order valence-corrected chi connectivity index (χ1v) is 9.32. The minimum Gasteiger partial charge on any atom is -0.376 e. The predicted octanol–water partition coefficient (Wildman–Crippen LogP) is 5.44. The molecule has 148 valence electrons. The van der Waals surface area contributed by atoms with E-state index in [4.69, 9.17) is 23.2 Å². The molecule has 3 rings (SSSR count). The van der Waals surface area contributed by atoms with E-state index < -0.39 is 11.7 Å². The third-order valence-corrected chi connectivity index (χ3v) is 4.48. The highest BCUT2D eigenvalue weighted by atomic mass is 35.5. The Hall–Kier alpha value is -3.09. The molecule has 2 amide bonds. The van der Waals surface area contributed by atoms with Crippen molar-refractivity contribution in [1.29, 1.82) is 0 Å². The van der Waals surface area contributed by atoms with E-state index in [1.54, 1.807) is 42.5 Å². The minimum atomic E-state index is -0.393. The molecule has 0 radical (unpaired) electrons. The lowest BCUT2D eigenvalue weighted by Gasteiger charge is -2.13. The van der Waals surface area contributed by atoms with Gasteiger partial charge in [-0.15, -0.1) is 0 Å². The molecule has 0 spiro atoms. The summed E-state index contributed by atoms with van der Waals surface area (Å²) in [5, 5.41) is 9.09. The lowest BCUT2D eigenvalue weighted by Crippen LogP contribution is -2.23. The second kappa shape index (κ2) is 9.41. The molecule has 0 aliphatic carbocycles. The second-order valence-corrected chi connectivity index (χ2v) is 6.88.